The van der Waals surface area contributed by atoms with Crippen molar-refractivity contribution in [1.29, 1.82) is 0 Å². The van der Waals surface area contributed by atoms with E-state index in [9.17, 15) is 23.1 Å². The largest absolute Gasteiger partial charge is 0.476 e. The van der Waals surface area contributed by atoms with Crippen LogP contribution in [0.2, 0.25) is 0 Å². The summed E-state index contributed by atoms with van der Waals surface area (Å²) in [6.07, 6.45) is 5.40. The van der Waals surface area contributed by atoms with Gasteiger partial charge in [-0.1, -0.05) is 61.6 Å². The van der Waals surface area contributed by atoms with Gasteiger partial charge < -0.3 is 10.0 Å². The van der Waals surface area contributed by atoms with E-state index in [2.05, 4.69) is 33.9 Å². The van der Waals surface area contributed by atoms with Crippen LogP contribution in [0, 0.1) is 24.7 Å². The van der Waals surface area contributed by atoms with E-state index >= 15 is 0 Å². The van der Waals surface area contributed by atoms with E-state index in [-0.39, 0.29) is 16.5 Å². The predicted molar refractivity (Wildman–Crippen MR) is 208 cm³/mol. The molecule has 2 unspecified atom stereocenters. The fourth-order valence-corrected chi connectivity index (χ4v) is 12.0. The van der Waals surface area contributed by atoms with Crippen molar-refractivity contribution < 1.29 is 23.1 Å². The first kappa shape index (κ1) is 35.4. The Kier molecular flexibility index (Phi) is 9.11. The van der Waals surface area contributed by atoms with E-state index in [1.165, 1.54) is 11.3 Å². The van der Waals surface area contributed by atoms with Gasteiger partial charge in [-0.25, -0.2) is 27.9 Å². The number of thiazole rings is 1. The lowest BCUT2D eigenvalue weighted by atomic mass is 9.61. The number of carbonyl (C=O) groups excluding carboxylic acids is 1. The van der Waals surface area contributed by atoms with Crippen LogP contribution in [-0.2, 0) is 23.0 Å². The van der Waals surface area contributed by atoms with E-state index in [0.717, 1.165) is 53.4 Å². The van der Waals surface area contributed by atoms with Gasteiger partial charge in [-0.3, -0.25) is 10.1 Å². The standard InChI is InChI=1S/C41H43N5O5S2/c1-24-18-27-19-25(2)21-41(20-24,22-27)45-53(50,51)35-13-7-9-29(26(35)3)30-14-15-36(43-37(30)39(48)49)46-17-16-28-8-6-10-31(32(28)23-46)38(47)44-40-42-33-11-4-5-12-34(33)52-40/h4-15,24-25,27,45H,16-23H2,1-3H3,(H,48,49)(H,42,44,47). The van der Waals surface area contributed by atoms with Crippen LogP contribution in [0.1, 0.15) is 83.5 Å². The van der Waals surface area contributed by atoms with Crippen molar-refractivity contribution in [2.24, 2.45) is 17.8 Å². The minimum Gasteiger partial charge on any atom is -0.476 e. The van der Waals surface area contributed by atoms with Gasteiger partial charge in [0.05, 0.1) is 15.1 Å². The van der Waals surface area contributed by atoms with Crippen LogP contribution in [-0.4, -0.2) is 47.5 Å². The van der Waals surface area contributed by atoms with Gasteiger partial charge in [0.25, 0.3) is 5.91 Å². The molecule has 274 valence electrons. The van der Waals surface area contributed by atoms with Crippen molar-refractivity contribution in [2.75, 3.05) is 16.8 Å². The number of aromatic carboxylic acids is 1. The Balaban J connectivity index is 1.07. The fourth-order valence-electron chi connectivity index (χ4n) is 9.45. The highest BCUT2D eigenvalue weighted by molar-refractivity contribution is 7.89. The van der Waals surface area contributed by atoms with Crippen molar-refractivity contribution in [1.82, 2.24) is 14.7 Å². The Morgan fingerprint density at radius 3 is 2.42 bits per heavy atom. The first-order valence-electron chi connectivity index (χ1n) is 18.3. The molecule has 8 rings (SSSR count). The zero-order valence-corrected chi connectivity index (χ0v) is 31.7. The molecule has 0 radical (unpaired) electrons. The number of fused-ring (bicyclic) bond motifs is 4. The number of sulfonamides is 1. The Labute approximate surface area is 313 Å². The van der Waals surface area contributed by atoms with E-state index in [1.54, 1.807) is 43.3 Å². The summed E-state index contributed by atoms with van der Waals surface area (Å²) >= 11 is 1.42. The molecule has 3 aromatic carbocycles. The fraction of sp³-hybridized carbons (Fsp3) is 0.366. The zero-order valence-electron chi connectivity index (χ0n) is 30.1. The smallest absolute Gasteiger partial charge is 0.355 e. The molecule has 3 N–H and O–H groups in total. The van der Waals surface area contributed by atoms with Crippen LogP contribution >= 0.6 is 11.3 Å². The number of hydrogen-bond acceptors (Lipinski definition) is 8. The van der Waals surface area contributed by atoms with Crippen LogP contribution < -0.4 is 14.9 Å². The van der Waals surface area contributed by atoms with E-state index in [0.29, 0.717) is 70.5 Å². The molecule has 2 aliphatic carbocycles. The minimum atomic E-state index is -3.92. The molecule has 3 aliphatic rings. The maximum Gasteiger partial charge on any atom is 0.355 e. The normalized spacial score (nSPS) is 22.7. The summed E-state index contributed by atoms with van der Waals surface area (Å²) in [6.45, 7) is 7.11. The number of carboxylic acid groups (broad SMARTS) is 1. The number of hydrogen-bond donors (Lipinski definition) is 3. The number of aromatic nitrogens is 2. The highest BCUT2D eigenvalue weighted by Gasteiger charge is 2.46. The number of rotatable bonds is 8. The molecule has 2 atom stereocenters. The van der Waals surface area contributed by atoms with Crippen LogP contribution in [0.25, 0.3) is 21.3 Å². The third-order valence-electron chi connectivity index (χ3n) is 11.3. The lowest BCUT2D eigenvalue weighted by Gasteiger charge is -2.50. The molecule has 2 bridgehead atoms. The molecule has 12 heteroatoms. The maximum atomic E-state index is 14.1. The first-order valence-corrected chi connectivity index (χ1v) is 20.6. The number of para-hydroxylation sites is 1. The lowest BCUT2D eigenvalue weighted by molar-refractivity contribution is 0.0690. The number of pyridine rings is 1. The zero-order chi connectivity index (χ0) is 37.1. The molecule has 2 saturated carbocycles. The van der Waals surface area contributed by atoms with Crippen LogP contribution in [0.15, 0.2) is 77.7 Å². The van der Waals surface area contributed by atoms with Crippen molar-refractivity contribution >= 4 is 54.4 Å². The molecular formula is C41H43N5O5S2. The summed E-state index contributed by atoms with van der Waals surface area (Å²) in [5.41, 5.74) is 3.96. The van der Waals surface area contributed by atoms with Crippen LogP contribution in [0.3, 0.4) is 0 Å². The molecule has 5 aromatic rings. The number of anilines is 2. The number of carbonyl (C=O) groups is 2. The summed E-state index contributed by atoms with van der Waals surface area (Å²) in [5.74, 6) is 0.404. The Morgan fingerprint density at radius 1 is 0.906 bits per heavy atom. The molecule has 2 fully saturated rings. The molecule has 10 nitrogen and oxygen atoms in total. The highest BCUT2D eigenvalue weighted by atomic mass is 32.2. The van der Waals surface area contributed by atoms with Crippen molar-refractivity contribution in [2.45, 2.75) is 76.3 Å². The summed E-state index contributed by atoms with van der Waals surface area (Å²) in [7, 11) is -3.92. The number of nitrogens with zero attached hydrogens (tertiary/aromatic N) is 3. The van der Waals surface area contributed by atoms with E-state index in [4.69, 9.17) is 0 Å². The quantitative estimate of drug-likeness (QED) is 0.145. The summed E-state index contributed by atoms with van der Waals surface area (Å²) < 4.78 is 32.4. The average molecular weight is 750 g/mol. The SMILES string of the molecule is Cc1c(-c2ccc(N3CCc4cccc(C(=O)Nc5nc6ccccc6s5)c4C3)nc2C(=O)O)cccc1S(=O)(=O)NC12CC(C)CC(CC(C)C1)C2. The third-order valence-corrected chi connectivity index (χ3v) is 14.0. The third kappa shape index (κ3) is 6.84. The van der Waals surface area contributed by atoms with Crippen molar-refractivity contribution in [3.63, 3.8) is 0 Å². The summed E-state index contributed by atoms with van der Waals surface area (Å²) in [6, 6.07) is 21.9. The van der Waals surface area contributed by atoms with Gasteiger partial charge in [-0.2, -0.15) is 0 Å². The molecule has 0 saturated heterocycles. The van der Waals surface area contributed by atoms with Gasteiger partial charge >= 0.3 is 5.97 Å². The van der Waals surface area contributed by atoms with Crippen LogP contribution in [0.5, 0.6) is 0 Å². The van der Waals surface area contributed by atoms with Gasteiger partial charge in [0.15, 0.2) is 10.8 Å². The number of amides is 1. The number of nitrogens with one attached hydrogen (secondary N) is 2. The molecule has 0 spiro atoms. The Hall–Kier alpha value is -4.65. The second kappa shape index (κ2) is 13.6. The lowest BCUT2D eigenvalue weighted by Crippen LogP contribution is -2.56. The second-order valence-electron chi connectivity index (χ2n) is 15.4. The first-order chi connectivity index (χ1) is 25.4. The molecule has 53 heavy (non-hydrogen) atoms. The monoisotopic (exact) mass is 749 g/mol. The van der Waals surface area contributed by atoms with E-state index < -0.39 is 21.5 Å². The Bertz CT molecular complexity index is 2320. The summed E-state index contributed by atoms with van der Waals surface area (Å²) in [5, 5.41) is 13.9. The highest BCUT2D eigenvalue weighted by Crippen LogP contribution is 2.48. The molecule has 1 amide bonds. The van der Waals surface area contributed by atoms with Gasteiger partial charge in [-0.05, 0) is 122 Å². The van der Waals surface area contributed by atoms with Gasteiger partial charge in [0, 0.05) is 29.8 Å². The molecular weight excluding hydrogens is 707 g/mol. The van der Waals surface area contributed by atoms with Gasteiger partial charge in [0.2, 0.25) is 10.0 Å². The maximum absolute atomic E-state index is 14.1. The predicted octanol–water partition coefficient (Wildman–Crippen LogP) is 8.06. The average Bonchev–Trinajstić information content (AvgIpc) is 3.52. The molecule has 2 aromatic heterocycles. The van der Waals surface area contributed by atoms with E-state index in [1.807, 2.05) is 41.3 Å². The minimum absolute atomic E-state index is 0.155. The Morgan fingerprint density at radius 2 is 1.66 bits per heavy atom. The van der Waals surface area contributed by atoms with Crippen LogP contribution in [0.4, 0.5) is 10.9 Å². The number of carboxylic acids is 1. The van der Waals surface area contributed by atoms with Crippen molar-refractivity contribution in [3.05, 3.63) is 101 Å². The molecule has 1 aliphatic heterocycles. The summed E-state index contributed by atoms with van der Waals surface area (Å²) in [4.78, 5) is 37.7. The number of benzene rings is 3. The molecule has 3 heterocycles. The topological polar surface area (TPSA) is 142 Å². The van der Waals surface area contributed by atoms with Gasteiger partial charge in [-0.15, -0.1) is 0 Å². The van der Waals surface area contributed by atoms with Gasteiger partial charge in [0.1, 0.15) is 5.82 Å². The second-order valence-corrected chi connectivity index (χ2v) is 18.1. The van der Waals surface area contributed by atoms with Crippen molar-refractivity contribution in [3.8, 4) is 11.1 Å².